The molecule has 0 fully saturated rings. The van der Waals surface area contributed by atoms with Gasteiger partial charge in [-0.1, -0.05) is 30.3 Å². The fourth-order valence-corrected chi connectivity index (χ4v) is 2.03. The second-order valence-electron chi connectivity index (χ2n) is 4.63. The van der Waals surface area contributed by atoms with E-state index in [0.29, 0.717) is 17.7 Å². The Morgan fingerprint density at radius 1 is 1.20 bits per heavy atom. The Kier molecular flexibility index (Phi) is 4.71. The van der Waals surface area contributed by atoms with Gasteiger partial charge in [0, 0.05) is 18.2 Å². The molecule has 0 heterocycles. The minimum absolute atomic E-state index is 0.0117. The molecule has 1 unspecified atom stereocenters. The molecular formula is C16H18FNO2. The van der Waals surface area contributed by atoms with Crippen molar-refractivity contribution in [1.29, 1.82) is 0 Å². The lowest BCUT2D eigenvalue weighted by atomic mass is 10.1. The van der Waals surface area contributed by atoms with Crippen molar-refractivity contribution >= 4 is 0 Å². The standard InChI is InChI=1S/C16H18FNO2/c1-11(18)13-6-4-7-14(17)16(13)20-15-8-3-2-5-12(15)9-10-19/h2-8,11,19H,9-10,18H2,1H3. The van der Waals surface area contributed by atoms with Crippen LogP contribution >= 0.6 is 0 Å². The van der Waals surface area contributed by atoms with Gasteiger partial charge in [0.15, 0.2) is 11.6 Å². The van der Waals surface area contributed by atoms with E-state index in [-0.39, 0.29) is 18.4 Å². The average Bonchev–Trinajstić information content (AvgIpc) is 2.43. The minimum atomic E-state index is -0.446. The number of hydrogen-bond acceptors (Lipinski definition) is 3. The molecule has 0 aromatic heterocycles. The van der Waals surface area contributed by atoms with Crippen LogP contribution in [0.1, 0.15) is 24.1 Å². The lowest BCUT2D eigenvalue weighted by Gasteiger charge is -2.16. The topological polar surface area (TPSA) is 55.5 Å². The summed E-state index contributed by atoms with van der Waals surface area (Å²) in [7, 11) is 0. The first kappa shape index (κ1) is 14.5. The molecular weight excluding hydrogens is 257 g/mol. The van der Waals surface area contributed by atoms with E-state index >= 15 is 0 Å². The van der Waals surface area contributed by atoms with Gasteiger partial charge in [-0.3, -0.25) is 0 Å². The first-order chi connectivity index (χ1) is 9.63. The Balaban J connectivity index is 2.40. The highest BCUT2D eigenvalue weighted by atomic mass is 19.1. The summed E-state index contributed by atoms with van der Waals surface area (Å²) in [6.07, 6.45) is 0.456. The van der Waals surface area contributed by atoms with E-state index in [1.54, 1.807) is 25.1 Å². The van der Waals surface area contributed by atoms with Crippen LogP contribution in [0.3, 0.4) is 0 Å². The zero-order valence-corrected chi connectivity index (χ0v) is 11.3. The van der Waals surface area contributed by atoms with Gasteiger partial charge >= 0.3 is 0 Å². The normalized spacial score (nSPS) is 12.2. The molecule has 20 heavy (non-hydrogen) atoms. The maximum Gasteiger partial charge on any atom is 0.167 e. The third-order valence-corrected chi connectivity index (χ3v) is 3.05. The van der Waals surface area contributed by atoms with Crippen molar-refractivity contribution in [1.82, 2.24) is 0 Å². The zero-order chi connectivity index (χ0) is 14.5. The second-order valence-corrected chi connectivity index (χ2v) is 4.63. The molecule has 4 heteroatoms. The van der Waals surface area contributed by atoms with Crippen LogP contribution in [-0.4, -0.2) is 11.7 Å². The monoisotopic (exact) mass is 275 g/mol. The maximum atomic E-state index is 14.0. The van der Waals surface area contributed by atoms with Crippen molar-refractivity contribution in [2.45, 2.75) is 19.4 Å². The first-order valence-corrected chi connectivity index (χ1v) is 6.54. The molecule has 0 bridgehead atoms. The van der Waals surface area contributed by atoms with Crippen LogP contribution in [0.2, 0.25) is 0 Å². The molecule has 106 valence electrons. The molecule has 3 N–H and O–H groups in total. The van der Waals surface area contributed by atoms with Gasteiger partial charge in [-0.15, -0.1) is 0 Å². The van der Waals surface area contributed by atoms with Crippen molar-refractivity contribution in [2.24, 2.45) is 5.73 Å². The van der Waals surface area contributed by atoms with Crippen molar-refractivity contribution in [3.63, 3.8) is 0 Å². The number of nitrogens with two attached hydrogens (primary N) is 1. The molecule has 2 aromatic carbocycles. The van der Waals surface area contributed by atoms with Crippen LogP contribution in [0.25, 0.3) is 0 Å². The predicted molar refractivity (Wildman–Crippen MR) is 76.3 cm³/mol. The second kappa shape index (κ2) is 6.50. The average molecular weight is 275 g/mol. The maximum absolute atomic E-state index is 14.0. The number of benzene rings is 2. The Morgan fingerprint density at radius 2 is 1.95 bits per heavy atom. The Morgan fingerprint density at radius 3 is 2.65 bits per heavy atom. The van der Waals surface area contributed by atoms with Crippen molar-refractivity contribution < 1.29 is 14.2 Å². The minimum Gasteiger partial charge on any atom is -0.454 e. The number of rotatable bonds is 5. The summed E-state index contributed by atoms with van der Waals surface area (Å²) in [6.45, 7) is 1.79. The van der Waals surface area contributed by atoms with E-state index in [1.165, 1.54) is 6.07 Å². The van der Waals surface area contributed by atoms with Crippen LogP contribution in [0.15, 0.2) is 42.5 Å². The van der Waals surface area contributed by atoms with E-state index in [4.69, 9.17) is 15.6 Å². The highest BCUT2D eigenvalue weighted by Crippen LogP contribution is 2.33. The van der Waals surface area contributed by atoms with E-state index in [2.05, 4.69) is 0 Å². The summed E-state index contributed by atoms with van der Waals surface area (Å²) in [4.78, 5) is 0. The van der Waals surface area contributed by atoms with Crippen LogP contribution < -0.4 is 10.5 Å². The molecule has 0 aliphatic carbocycles. The van der Waals surface area contributed by atoms with E-state index < -0.39 is 5.82 Å². The number of aliphatic hydroxyl groups is 1. The Bertz CT molecular complexity index is 584. The molecule has 0 spiro atoms. The molecule has 0 amide bonds. The Labute approximate surface area is 117 Å². The van der Waals surface area contributed by atoms with Gasteiger partial charge in [-0.05, 0) is 31.0 Å². The zero-order valence-electron chi connectivity index (χ0n) is 11.3. The third-order valence-electron chi connectivity index (χ3n) is 3.05. The number of hydrogen-bond donors (Lipinski definition) is 2. The van der Waals surface area contributed by atoms with Gasteiger partial charge in [0.05, 0.1) is 0 Å². The summed E-state index contributed by atoms with van der Waals surface area (Å²) < 4.78 is 19.7. The fraction of sp³-hybridized carbons (Fsp3) is 0.250. The first-order valence-electron chi connectivity index (χ1n) is 6.54. The molecule has 0 aliphatic rings. The van der Waals surface area contributed by atoms with Crippen molar-refractivity contribution in [3.05, 3.63) is 59.4 Å². The molecule has 2 aromatic rings. The van der Waals surface area contributed by atoms with Crippen molar-refractivity contribution in [3.8, 4) is 11.5 Å². The SMILES string of the molecule is CC(N)c1cccc(F)c1Oc1ccccc1CCO. The lowest BCUT2D eigenvalue weighted by Crippen LogP contribution is -2.08. The lowest BCUT2D eigenvalue weighted by molar-refractivity contribution is 0.297. The quantitative estimate of drug-likeness (QED) is 0.881. The molecule has 0 saturated carbocycles. The third kappa shape index (κ3) is 3.15. The van der Waals surface area contributed by atoms with Gasteiger partial charge in [0.2, 0.25) is 0 Å². The number of para-hydroxylation sites is 2. The van der Waals surface area contributed by atoms with Crippen LogP contribution in [0, 0.1) is 5.82 Å². The largest absolute Gasteiger partial charge is 0.454 e. The van der Waals surface area contributed by atoms with Crippen LogP contribution in [0.4, 0.5) is 4.39 Å². The molecule has 0 radical (unpaired) electrons. The summed E-state index contributed by atoms with van der Waals surface area (Å²) in [5.74, 6) is 0.236. The molecule has 0 aliphatic heterocycles. The summed E-state index contributed by atoms with van der Waals surface area (Å²) >= 11 is 0. The smallest absolute Gasteiger partial charge is 0.167 e. The fourth-order valence-electron chi connectivity index (χ4n) is 2.03. The van der Waals surface area contributed by atoms with Crippen molar-refractivity contribution in [2.75, 3.05) is 6.61 Å². The molecule has 1 atom stereocenters. The van der Waals surface area contributed by atoms with Gasteiger partial charge in [-0.2, -0.15) is 0 Å². The van der Waals surface area contributed by atoms with Gasteiger partial charge in [0.25, 0.3) is 0 Å². The molecule has 2 rings (SSSR count). The van der Waals surface area contributed by atoms with E-state index in [9.17, 15) is 4.39 Å². The Hall–Kier alpha value is -1.91. The number of aliphatic hydroxyl groups excluding tert-OH is 1. The van der Waals surface area contributed by atoms with Crippen LogP contribution in [-0.2, 0) is 6.42 Å². The van der Waals surface area contributed by atoms with E-state index in [1.807, 2.05) is 18.2 Å². The highest BCUT2D eigenvalue weighted by Gasteiger charge is 2.15. The number of halogens is 1. The number of ether oxygens (including phenoxy) is 1. The molecule has 0 saturated heterocycles. The van der Waals surface area contributed by atoms with Gasteiger partial charge in [0.1, 0.15) is 5.75 Å². The van der Waals surface area contributed by atoms with Gasteiger partial charge in [-0.25, -0.2) is 4.39 Å². The predicted octanol–water partition coefficient (Wildman–Crippen LogP) is 3.17. The summed E-state index contributed by atoms with van der Waals surface area (Å²) in [6, 6.07) is 11.6. The van der Waals surface area contributed by atoms with Gasteiger partial charge < -0.3 is 15.6 Å². The van der Waals surface area contributed by atoms with Crippen LogP contribution in [0.5, 0.6) is 11.5 Å². The molecule has 3 nitrogen and oxygen atoms in total. The summed E-state index contributed by atoms with van der Waals surface area (Å²) in [5, 5.41) is 9.06. The highest BCUT2D eigenvalue weighted by molar-refractivity contribution is 5.43. The van der Waals surface area contributed by atoms with E-state index in [0.717, 1.165) is 5.56 Å². The summed E-state index contributed by atoms with van der Waals surface area (Å²) in [5.41, 5.74) is 7.29.